The van der Waals surface area contributed by atoms with Gasteiger partial charge in [-0.15, -0.1) is 0 Å². The van der Waals surface area contributed by atoms with E-state index in [2.05, 4.69) is 5.32 Å². The summed E-state index contributed by atoms with van der Waals surface area (Å²) < 4.78 is 5.14. The van der Waals surface area contributed by atoms with Gasteiger partial charge in [0.15, 0.2) is 0 Å². The Balaban J connectivity index is 2.15. The van der Waals surface area contributed by atoms with Gasteiger partial charge in [-0.2, -0.15) is 0 Å². The smallest absolute Gasteiger partial charge is 0.251 e. The van der Waals surface area contributed by atoms with Crippen molar-refractivity contribution in [3.8, 4) is 5.75 Å². The van der Waals surface area contributed by atoms with Gasteiger partial charge in [0.25, 0.3) is 5.91 Å². The molecule has 0 aliphatic rings. The molecule has 1 amide bonds. The molecule has 4 heteroatoms. The minimum atomic E-state index is -0.483. The molecule has 0 heterocycles. The zero-order valence-corrected chi connectivity index (χ0v) is 13.1. The standard InChI is InChI=1S/C17H18ClNO2/c1-17(2,13-6-10-15(21-3)11-7-13)19-16(20)12-4-8-14(18)9-5-12/h4-11H,1-3H3,(H,19,20). The highest BCUT2D eigenvalue weighted by atomic mass is 35.5. The molecule has 0 fully saturated rings. The average Bonchev–Trinajstić information content (AvgIpc) is 2.47. The number of methoxy groups -OCH3 is 1. The topological polar surface area (TPSA) is 38.3 Å². The van der Waals surface area contributed by atoms with Gasteiger partial charge in [0, 0.05) is 10.6 Å². The fraction of sp³-hybridized carbons (Fsp3) is 0.235. The Morgan fingerprint density at radius 2 is 1.62 bits per heavy atom. The van der Waals surface area contributed by atoms with Crippen molar-refractivity contribution < 1.29 is 9.53 Å². The largest absolute Gasteiger partial charge is 0.497 e. The lowest BCUT2D eigenvalue weighted by molar-refractivity contribution is 0.0912. The summed E-state index contributed by atoms with van der Waals surface area (Å²) in [7, 11) is 1.63. The van der Waals surface area contributed by atoms with Crippen molar-refractivity contribution >= 4 is 17.5 Å². The van der Waals surface area contributed by atoms with E-state index in [0.717, 1.165) is 11.3 Å². The van der Waals surface area contributed by atoms with Crippen molar-refractivity contribution in [2.75, 3.05) is 7.11 Å². The van der Waals surface area contributed by atoms with Crippen molar-refractivity contribution in [3.63, 3.8) is 0 Å². The van der Waals surface area contributed by atoms with Gasteiger partial charge in [-0.25, -0.2) is 0 Å². The van der Waals surface area contributed by atoms with Crippen LogP contribution in [-0.4, -0.2) is 13.0 Å². The molecule has 110 valence electrons. The molecular weight excluding hydrogens is 286 g/mol. The van der Waals surface area contributed by atoms with Crippen molar-refractivity contribution in [2.45, 2.75) is 19.4 Å². The van der Waals surface area contributed by atoms with E-state index in [1.165, 1.54) is 0 Å². The Morgan fingerprint density at radius 1 is 1.05 bits per heavy atom. The molecule has 0 aliphatic carbocycles. The predicted molar refractivity (Wildman–Crippen MR) is 84.9 cm³/mol. The normalized spacial score (nSPS) is 11.0. The van der Waals surface area contributed by atoms with Crippen LogP contribution in [0.25, 0.3) is 0 Å². The summed E-state index contributed by atoms with van der Waals surface area (Å²) in [5.41, 5.74) is 1.11. The second-order valence-electron chi connectivity index (χ2n) is 5.31. The Kier molecular flexibility index (Phi) is 4.53. The summed E-state index contributed by atoms with van der Waals surface area (Å²) in [6, 6.07) is 14.5. The first kappa shape index (κ1) is 15.4. The molecule has 0 spiro atoms. The summed E-state index contributed by atoms with van der Waals surface area (Å²) in [4.78, 5) is 12.3. The van der Waals surface area contributed by atoms with Crippen molar-refractivity contribution in [1.82, 2.24) is 5.32 Å². The van der Waals surface area contributed by atoms with E-state index in [1.54, 1.807) is 31.4 Å². The minimum Gasteiger partial charge on any atom is -0.497 e. The molecule has 21 heavy (non-hydrogen) atoms. The quantitative estimate of drug-likeness (QED) is 0.926. The molecule has 2 rings (SSSR count). The molecule has 0 saturated heterocycles. The third-order valence-corrected chi connectivity index (χ3v) is 3.60. The van der Waals surface area contributed by atoms with Gasteiger partial charge in [-0.3, -0.25) is 4.79 Å². The third-order valence-electron chi connectivity index (χ3n) is 3.34. The predicted octanol–water partition coefficient (Wildman–Crippen LogP) is 4.01. The molecule has 0 unspecified atom stereocenters. The summed E-state index contributed by atoms with van der Waals surface area (Å²) in [6.07, 6.45) is 0. The number of amides is 1. The van der Waals surface area contributed by atoms with Gasteiger partial charge in [0.05, 0.1) is 12.6 Å². The van der Waals surface area contributed by atoms with Crippen LogP contribution >= 0.6 is 11.6 Å². The number of hydrogen-bond donors (Lipinski definition) is 1. The highest BCUT2D eigenvalue weighted by Gasteiger charge is 2.23. The Labute approximate surface area is 129 Å². The second-order valence-corrected chi connectivity index (χ2v) is 5.75. The van der Waals surface area contributed by atoms with Crippen LogP contribution < -0.4 is 10.1 Å². The number of carbonyl (C=O) groups excluding carboxylic acids is 1. The van der Waals surface area contributed by atoms with E-state index >= 15 is 0 Å². The maximum Gasteiger partial charge on any atom is 0.251 e. The molecule has 3 nitrogen and oxygen atoms in total. The van der Waals surface area contributed by atoms with Crippen LogP contribution in [-0.2, 0) is 5.54 Å². The summed E-state index contributed by atoms with van der Waals surface area (Å²) in [6.45, 7) is 3.92. The molecule has 1 N–H and O–H groups in total. The van der Waals surface area contributed by atoms with Crippen LogP contribution in [0.15, 0.2) is 48.5 Å². The van der Waals surface area contributed by atoms with Crippen molar-refractivity contribution in [1.29, 1.82) is 0 Å². The van der Waals surface area contributed by atoms with Crippen LogP contribution in [0.4, 0.5) is 0 Å². The number of carbonyl (C=O) groups is 1. The van der Waals surface area contributed by atoms with Crippen LogP contribution in [0.3, 0.4) is 0 Å². The van der Waals surface area contributed by atoms with E-state index in [-0.39, 0.29) is 5.91 Å². The molecule has 2 aromatic carbocycles. The molecule has 0 atom stereocenters. The monoisotopic (exact) mass is 303 g/mol. The fourth-order valence-corrected chi connectivity index (χ4v) is 2.16. The SMILES string of the molecule is COc1ccc(C(C)(C)NC(=O)c2ccc(Cl)cc2)cc1. The Hall–Kier alpha value is -2.00. The molecule has 0 saturated carbocycles. The third kappa shape index (κ3) is 3.76. The highest BCUT2D eigenvalue weighted by molar-refractivity contribution is 6.30. The summed E-state index contributed by atoms with van der Waals surface area (Å²) >= 11 is 5.83. The lowest BCUT2D eigenvalue weighted by Crippen LogP contribution is -2.40. The van der Waals surface area contributed by atoms with E-state index in [4.69, 9.17) is 16.3 Å². The summed E-state index contributed by atoms with van der Waals surface area (Å²) in [5, 5.41) is 3.63. The molecule has 0 aromatic heterocycles. The van der Waals surface area contributed by atoms with Gasteiger partial charge in [0.1, 0.15) is 5.75 Å². The first-order chi connectivity index (χ1) is 9.92. The van der Waals surface area contributed by atoms with Crippen molar-refractivity contribution in [2.24, 2.45) is 0 Å². The van der Waals surface area contributed by atoms with E-state index in [0.29, 0.717) is 10.6 Å². The van der Waals surface area contributed by atoms with Gasteiger partial charge < -0.3 is 10.1 Å². The fourth-order valence-electron chi connectivity index (χ4n) is 2.04. The maximum atomic E-state index is 12.3. The first-order valence-corrected chi connectivity index (χ1v) is 7.03. The van der Waals surface area contributed by atoms with Gasteiger partial charge >= 0.3 is 0 Å². The highest BCUT2D eigenvalue weighted by Crippen LogP contribution is 2.23. The maximum absolute atomic E-state index is 12.3. The number of ether oxygens (including phenoxy) is 1. The zero-order chi connectivity index (χ0) is 15.5. The van der Waals surface area contributed by atoms with Crippen LogP contribution in [0.1, 0.15) is 29.8 Å². The lowest BCUT2D eigenvalue weighted by Gasteiger charge is -2.27. The Bertz CT molecular complexity index is 618. The number of benzene rings is 2. The van der Waals surface area contributed by atoms with E-state index in [9.17, 15) is 4.79 Å². The van der Waals surface area contributed by atoms with E-state index in [1.807, 2.05) is 38.1 Å². The second kappa shape index (κ2) is 6.19. The number of rotatable bonds is 4. The van der Waals surface area contributed by atoms with Crippen molar-refractivity contribution in [3.05, 3.63) is 64.7 Å². The number of halogens is 1. The lowest BCUT2D eigenvalue weighted by atomic mass is 9.93. The molecular formula is C17H18ClNO2. The zero-order valence-electron chi connectivity index (χ0n) is 12.3. The van der Waals surface area contributed by atoms with Crippen LogP contribution in [0.2, 0.25) is 5.02 Å². The van der Waals surface area contributed by atoms with Gasteiger partial charge in [-0.1, -0.05) is 23.7 Å². The molecule has 0 bridgehead atoms. The average molecular weight is 304 g/mol. The first-order valence-electron chi connectivity index (χ1n) is 6.65. The summed E-state index contributed by atoms with van der Waals surface area (Å²) in [5.74, 6) is 0.658. The van der Waals surface area contributed by atoms with E-state index < -0.39 is 5.54 Å². The van der Waals surface area contributed by atoms with Gasteiger partial charge in [-0.05, 0) is 55.8 Å². The molecule has 2 aromatic rings. The molecule has 0 radical (unpaired) electrons. The Morgan fingerprint density at radius 3 is 2.14 bits per heavy atom. The van der Waals surface area contributed by atoms with Crippen LogP contribution in [0, 0.1) is 0 Å². The molecule has 0 aliphatic heterocycles. The van der Waals surface area contributed by atoms with Crippen LogP contribution in [0.5, 0.6) is 5.75 Å². The minimum absolute atomic E-state index is 0.132. The number of hydrogen-bond acceptors (Lipinski definition) is 2. The number of nitrogens with one attached hydrogen (secondary N) is 1. The van der Waals surface area contributed by atoms with Gasteiger partial charge in [0.2, 0.25) is 0 Å².